The van der Waals surface area contributed by atoms with Crippen molar-refractivity contribution < 1.29 is 13.9 Å². The Balaban J connectivity index is 2.42. The Morgan fingerprint density at radius 1 is 1.23 bits per heavy atom. The van der Waals surface area contributed by atoms with Gasteiger partial charge < -0.3 is 18.4 Å². The lowest BCUT2D eigenvalue weighted by atomic mass is 9.75. The van der Waals surface area contributed by atoms with Crippen LogP contribution >= 0.6 is 0 Å². The summed E-state index contributed by atoms with van der Waals surface area (Å²) in [6, 6.07) is 1.27. The summed E-state index contributed by atoms with van der Waals surface area (Å²) in [6.07, 6.45) is 1.75. The highest BCUT2D eigenvalue weighted by molar-refractivity contribution is 7.90. The molecule has 0 aliphatic carbocycles. The number of pyridine rings is 1. The molecule has 26 heavy (non-hydrogen) atoms. The fourth-order valence-electron chi connectivity index (χ4n) is 2.61. The summed E-state index contributed by atoms with van der Waals surface area (Å²) in [5.41, 5.74) is 0.430. The molecule has 1 aliphatic rings. The average Bonchev–Trinajstić information content (AvgIpc) is 2.68. The lowest BCUT2D eigenvalue weighted by molar-refractivity contribution is 0.00578. The van der Waals surface area contributed by atoms with Crippen LogP contribution in [0.3, 0.4) is 0 Å². The molecule has 6 nitrogen and oxygen atoms in total. The van der Waals surface area contributed by atoms with Gasteiger partial charge in [-0.3, -0.25) is 4.79 Å². The second-order valence-electron chi connectivity index (χ2n) is 8.94. The number of aryl methyl sites for hydroxylation is 1. The minimum atomic E-state index is -1.26. The van der Waals surface area contributed by atoms with Gasteiger partial charge in [0, 0.05) is 36.1 Å². The molecule has 8 heteroatoms. The maximum Gasteiger partial charge on any atom is 0.496 e. The molecule has 1 aromatic rings. The summed E-state index contributed by atoms with van der Waals surface area (Å²) in [6.45, 7) is 15.6. The van der Waals surface area contributed by atoms with Crippen LogP contribution in [0, 0.1) is 0 Å². The zero-order valence-corrected chi connectivity index (χ0v) is 18.1. The van der Waals surface area contributed by atoms with Gasteiger partial charge in [0.2, 0.25) is 0 Å². The van der Waals surface area contributed by atoms with Crippen LogP contribution in [0.2, 0.25) is 0 Å². The molecule has 146 valence electrons. The van der Waals surface area contributed by atoms with Crippen molar-refractivity contribution in [2.24, 2.45) is 7.05 Å². The fourth-order valence-corrected chi connectivity index (χ4v) is 3.41. The summed E-state index contributed by atoms with van der Waals surface area (Å²) in [5.74, 6) is 0. The molecule has 1 N–H and O–H groups in total. The van der Waals surface area contributed by atoms with E-state index in [4.69, 9.17) is 9.31 Å². The van der Waals surface area contributed by atoms with Crippen molar-refractivity contribution in [2.75, 3.05) is 0 Å². The number of nitrogens with zero attached hydrogens (tertiary/aromatic N) is 1. The molecule has 0 radical (unpaired) electrons. The Kier molecular flexibility index (Phi) is 5.77. The molecule has 0 saturated carbocycles. The van der Waals surface area contributed by atoms with Crippen LogP contribution in [0.1, 0.15) is 67.0 Å². The van der Waals surface area contributed by atoms with E-state index in [1.54, 1.807) is 19.3 Å². The van der Waals surface area contributed by atoms with E-state index < -0.39 is 34.4 Å². The topological polar surface area (TPSA) is 75.5 Å². The molecule has 1 aromatic heterocycles. The summed E-state index contributed by atoms with van der Waals surface area (Å²) in [4.78, 5) is 12.2. The van der Waals surface area contributed by atoms with E-state index >= 15 is 0 Å². The molecule has 1 fully saturated rings. The third kappa shape index (κ3) is 4.20. The Morgan fingerprint density at radius 2 is 1.73 bits per heavy atom. The minimum absolute atomic E-state index is 0.129. The van der Waals surface area contributed by atoms with Crippen molar-refractivity contribution >= 4 is 23.9 Å². The molecule has 1 saturated heterocycles. The molecule has 0 spiro atoms. The van der Waals surface area contributed by atoms with Crippen molar-refractivity contribution in [1.29, 1.82) is 0 Å². The van der Waals surface area contributed by atoms with Crippen LogP contribution in [0.4, 0.5) is 0 Å². The highest BCUT2D eigenvalue weighted by atomic mass is 32.2. The average molecular weight is 382 g/mol. The number of aromatic nitrogens is 1. The van der Waals surface area contributed by atoms with Crippen LogP contribution in [-0.4, -0.2) is 32.2 Å². The number of rotatable bonds is 4. The van der Waals surface area contributed by atoms with Crippen molar-refractivity contribution in [2.45, 2.75) is 77.4 Å². The molecular weight excluding hydrogens is 351 g/mol. The van der Waals surface area contributed by atoms with Gasteiger partial charge in [-0.15, -0.1) is 4.72 Å². The van der Waals surface area contributed by atoms with Gasteiger partial charge in [0.15, 0.2) is 0 Å². The zero-order chi connectivity index (χ0) is 20.1. The minimum Gasteiger partial charge on any atom is -0.598 e. The first-order chi connectivity index (χ1) is 11.7. The van der Waals surface area contributed by atoms with E-state index in [0.29, 0.717) is 0 Å². The van der Waals surface area contributed by atoms with Crippen LogP contribution in [0.25, 0.3) is 0 Å². The molecular formula is C18H31BN2O4S. The van der Waals surface area contributed by atoms with Gasteiger partial charge in [-0.2, -0.15) is 0 Å². The van der Waals surface area contributed by atoms with Gasteiger partial charge in [-0.1, -0.05) is 0 Å². The molecule has 0 amide bonds. The highest BCUT2D eigenvalue weighted by Crippen LogP contribution is 2.37. The quantitative estimate of drug-likeness (QED) is 0.635. The Bertz CT molecular complexity index is 711. The third-order valence-corrected chi connectivity index (χ3v) is 6.79. The maximum atomic E-state index is 12.5. The van der Waals surface area contributed by atoms with E-state index in [9.17, 15) is 9.35 Å². The monoisotopic (exact) mass is 382 g/mol. The second-order valence-corrected chi connectivity index (χ2v) is 10.9. The predicted octanol–water partition coefficient (Wildman–Crippen LogP) is 1.80. The predicted molar refractivity (Wildman–Crippen MR) is 107 cm³/mol. The maximum absolute atomic E-state index is 12.5. The molecule has 0 aromatic carbocycles. The van der Waals surface area contributed by atoms with Gasteiger partial charge in [0.05, 0.1) is 17.2 Å². The van der Waals surface area contributed by atoms with Crippen molar-refractivity contribution in [3.05, 3.63) is 28.2 Å². The molecule has 1 aliphatic heterocycles. The number of hydrogen-bond donors (Lipinski definition) is 1. The third-order valence-electron chi connectivity index (χ3n) is 5.11. The van der Waals surface area contributed by atoms with E-state index in [2.05, 4.69) is 4.72 Å². The van der Waals surface area contributed by atoms with E-state index in [1.807, 2.05) is 55.4 Å². The molecule has 0 bridgehead atoms. The van der Waals surface area contributed by atoms with Crippen LogP contribution < -0.4 is 15.7 Å². The summed E-state index contributed by atoms with van der Waals surface area (Å²) >= 11 is -1.26. The van der Waals surface area contributed by atoms with Crippen LogP contribution in [0.15, 0.2) is 17.1 Å². The standard InChI is InChI=1S/C18H31BN2O4S/c1-12(20-26(23)16(2,3)4)13-10-15(22)21(9)11-14(13)19-24-17(5,6)18(7,8)25-19/h10-12,20H,1-9H3/t12-,26?/m0/s1. The smallest absolute Gasteiger partial charge is 0.496 e. The summed E-state index contributed by atoms with van der Waals surface area (Å²) in [7, 11) is 1.11. The van der Waals surface area contributed by atoms with Crippen LogP contribution in [0.5, 0.6) is 0 Å². The van der Waals surface area contributed by atoms with E-state index in [-0.39, 0.29) is 11.6 Å². The van der Waals surface area contributed by atoms with Gasteiger partial charge in [-0.25, -0.2) is 0 Å². The highest BCUT2D eigenvalue weighted by Gasteiger charge is 2.52. The van der Waals surface area contributed by atoms with Crippen molar-refractivity contribution in [1.82, 2.24) is 9.29 Å². The Hall–Kier alpha value is -0.795. The fraction of sp³-hybridized carbons (Fsp3) is 0.722. The van der Waals surface area contributed by atoms with Crippen molar-refractivity contribution in [3.63, 3.8) is 0 Å². The molecule has 2 heterocycles. The van der Waals surface area contributed by atoms with E-state index in [0.717, 1.165) is 11.0 Å². The molecule has 1 unspecified atom stereocenters. The van der Waals surface area contributed by atoms with Gasteiger partial charge in [0.25, 0.3) is 5.56 Å². The molecule has 2 atom stereocenters. The lowest BCUT2D eigenvalue weighted by Crippen LogP contribution is -2.45. The lowest BCUT2D eigenvalue weighted by Gasteiger charge is -2.32. The SMILES string of the molecule is C[C@H](N[S+]([O-])C(C)(C)C)c1cc(=O)n(C)cc1B1OC(C)(C)C(C)(C)O1. The Morgan fingerprint density at radius 3 is 2.19 bits per heavy atom. The number of nitrogens with one attached hydrogen (secondary N) is 1. The Labute approximate surface area is 160 Å². The largest absolute Gasteiger partial charge is 0.598 e. The van der Waals surface area contributed by atoms with E-state index in [1.165, 1.54) is 4.57 Å². The molecule has 2 rings (SSSR count). The van der Waals surface area contributed by atoms with Crippen molar-refractivity contribution in [3.8, 4) is 0 Å². The van der Waals surface area contributed by atoms with Gasteiger partial charge in [-0.05, 0) is 61.0 Å². The summed E-state index contributed by atoms with van der Waals surface area (Å²) in [5, 5.41) is 0. The van der Waals surface area contributed by atoms with Crippen LogP contribution in [-0.2, 0) is 27.7 Å². The van der Waals surface area contributed by atoms with Gasteiger partial charge >= 0.3 is 7.12 Å². The summed E-state index contributed by atoms with van der Waals surface area (Å²) < 4.78 is 29.0. The first kappa shape index (κ1) is 21.5. The first-order valence-corrected chi connectivity index (χ1v) is 10.0. The second kappa shape index (κ2) is 6.98. The number of hydrogen-bond acceptors (Lipinski definition) is 5. The zero-order valence-electron chi connectivity index (χ0n) is 17.3. The first-order valence-electron chi connectivity index (χ1n) is 8.90. The normalized spacial score (nSPS) is 21.7. The van der Waals surface area contributed by atoms with Gasteiger partial charge in [0.1, 0.15) is 4.75 Å².